The summed E-state index contributed by atoms with van der Waals surface area (Å²) < 4.78 is 4.86. The highest BCUT2D eigenvalue weighted by molar-refractivity contribution is 7.09. The fourth-order valence-electron chi connectivity index (χ4n) is 2.99. The number of carbonyl (C=O) groups excluding carboxylic acids is 2. The van der Waals surface area contributed by atoms with Crippen LogP contribution in [0, 0.1) is 0 Å². The highest BCUT2D eigenvalue weighted by Crippen LogP contribution is 2.30. The molecule has 0 radical (unpaired) electrons. The average Bonchev–Trinajstić information content (AvgIpc) is 3.12. The van der Waals surface area contributed by atoms with Crippen molar-refractivity contribution in [3.63, 3.8) is 0 Å². The summed E-state index contributed by atoms with van der Waals surface area (Å²) in [5.74, 6) is -0.337. The standard InChI is InChI=1S/C18H20N2O3S/c1-23-18(22)15-6-2-8-16-14(15)7-3-9-20(16)12-17(21)19-11-13-5-4-10-24-13/h2,4-6,8,10H,3,7,9,11-12H2,1H3,(H,19,21). The van der Waals surface area contributed by atoms with Crippen LogP contribution >= 0.6 is 11.3 Å². The Balaban J connectivity index is 1.70. The second-order valence-corrected chi connectivity index (χ2v) is 6.71. The van der Waals surface area contributed by atoms with Crippen LogP contribution in [0.5, 0.6) is 0 Å². The van der Waals surface area contributed by atoms with Crippen LogP contribution in [0.2, 0.25) is 0 Å². The smallest absolute Gasteiger partial charge is 0.338 e. The summed E-state index contributed by atoms with van der Waals surface area (Å²) in [5, 5.41) is 4.95. The number of nitrogens with one attached hydrogen (secondary N) is 1. The van der Waals surface area contributed by atoms with Crippen LogP contribution in [0.25, 0.3) is 0 Å². The van der Waals surface area contributed by atoms with Crippen molar-refractivity contribution in [1.82, 2.24) is 5.32 Å². The second kappa shape index (κ2) is 7.49. The number of fused-ring (bicyclic) bond motifs is 1. The first-order chi connectivity index (χ1) is 11.7. The van der Waals surface area contributed by atoms with Crippen molar-refractivity contribution in [1.29, 1.82) is 0 Å². The molecule has 1 aliphatic heterocycles. The fourth-order valence-corrected chi connectivity index (χ4v) is 3.64. The molecule has 0 unspecified atom stereocenters. The van der Waals surface area contributed by atoms with Crippen molar-refractivity contribution in [2.24, 2.45) is 0 Å². The van der Waals surface area contributed by atoms with E-state index >= 15 is 0 Å². The van der Waals surface area contributed by atoms with Gasteiger partial charge >= 0.3 is 5.97 Å². The van der Waals surface area contributed by atoms with Gasteiger partial charge in [-0.1, -0.05) is 12.1 Å². The largest absolute Gasteiger partial charge is 0.465 e. The molecule has 1 aromatic heterocycles. The molecule has 1 aromatic carbocycles. The molecule has 0 aliphatic carbocycles. The molecule has 2 aromatic rings. The van der Waals surface area contributed by atoms with Crippen molar-refractivity contribution < 1.29 is 14.3 Å². The zero-order valence-corrected chi connectivity index (χ0v) is 14.4. The molecular formula is C18H20N2O3S. The highest BCUT2D eigenvalue weighted by atomic mass is 32.1. The lowest BCUT2D eigenvalue weighted by Gasteiger charge is -2.31. The quantitative estimate of drug-likeness (QED) is 0.847. The molecule has 0 spiro atoms. The summed E-state index contributed by atoms with van der Waals surface area (Å²) in [7, 11) is 1.39. The summed E-state index contributed by atoms with van der Waals surface area (Å²) in [4.78, 5) is 27.4. The molecule has 24 heavy (non-hydrogen) atoms. The molecule has 0 fully saturated rings. The number of ether oxygens (including phenoxy) is 1. The van der Waals surface area contributed by atoms with Gasteiger partial charge in [-0.05, 0) is 42.0 Å². The van der Waals surface area contributed by atoms with Crippen LogP contribution in [-0.2, 0) is 22.5 Å². The summed E-state index contributed by atoms with van der Waals surface area (Å²) in [6.45, 7) is 1.66. The van der Waals surface area contributed by atoms with Gasteiger partial charge in [0.05, 0.1) is 25.8 Å². The number of esters is 1. The number of rotatable bonds is 5. The van der Waals surface area contributed by atoms with Crippen molar-refractivity contribution >= 4 is 28.9 Å². The SMILES string of the molecule is COC(=O)c1cccc2c1CCCN2CC(=O)NCc1cccs1. The fraction of sp³-hybridized carbons (Fsp3) is 0.333. The number of hydrogen-bond acceptors (Lipinski definition) is 5. The maximum Gasteiger partial charge on any atom is 0.338 e. The second-order valence-electron chi connectivity index (χ2n) is 5.68. The van der Waals surface area contributed by atoms with E-state index in [9.17, 15) is 9.59 Å². The van der Waals surface area contributed by atoms with Gasteiger partial charge in [-0.3, -0.25) is 4.79 Å². The number of hydrogen-bond donors (Lipinski definition) is 1. The van der Waals surface area contributed by atoms with Crippen LogP contribution in [0.4, 0.5) is 5.69 Å². The molecule has 0 bridgehead atoms. The lowest BCUT2D eigenvalue weighted by molar-refractivity contribution is -0.119. The first kappa shape index (κ1) is 16.5. The highest BCUT2D eigenvalue weighted by Gasteiger charge is 2.23. The predicted molar refractivity (Wildman–Crippen MR) is 94.5 cm³/mol. The number of thiophene rings is 1. The topological polar surface area (TPSA) is 58.6 Å². The van der Waals surface area contributed by atoms with Crippen LogP contribution in [0.15, 0.2) is 35.7 Å². The van der Waals surface area contributed by atoms with E-state index in [-0.39, 0.29) is 11.9 Å². The number of benzene rings is 1. The minimum atomic E-state index is -0.323. The normalized spacial score (nSPS) is 13.3. The molecule has 3 rings (SSSR count). The average molecular weight is 344 g/mol. The van der Waals surface area contributed by atoms with Crippen LogP contribution in [0.1, 0.15) is 27.2 Å². The molecule has 126 valence electrons. The van der Waals surface area contributed by atoms with Gasteiger partial charge in [-0.25, -0.2) is 4.79 Å². The third-order valence-corrected chi connectivity index (χ3v) is 5.00. The summed E-state index contributed by atoms with van der Waals surface area (Å²) >= 11 is 1.63. The van der Waals surface area contributed by atoms with Gasteiger partial charge in [-0.15, -0.1) is 11.3 Å². The Kier molecular flexibility index (Phi) is 5.15. The Labute approximate surface area is 145 Å². The van der Waals surface area contributed by atoms with Crippen LogP contribution in [-0.4, -0.2) is 32.1 Å². The molecule has 0 saturated carbocycles. The summed E-state index contributed by atoms with van der Waals surface area (Å²) in [6, 6.07) is 9.57. The van der Waals surface area contributed by atoms with E-state index in [4.69, 9.17) is 4.74 Å². The summed E-state index contributed by atoms with van der Waals surface area (Å²) in [6.07, 6.45) is 1.74. The molecule has 5 nitrogen and oxygen atoms in total. The third-order valence-electron chi connectivity index (χ3n) is 4.13. The zero-order chi connectivity index (χ0) is 16.9. The number of methoxy groups -OCH3 is 1. The maximum atomic E-state index is 12.3. The molecule has 1 N–H and O–H groups in total. The molecule has 6 heteroatoms. The van der Waals surface area contributed by atoms with E-state index < -0.39 is 0 Å². The summed E-state index contributed by atoms with van der Waals surface area (Å²) in [5.41, 5.74) is 2.52. The van der Waals surface area contributed by atoms with Gasteiger partial charge < -0.3 is 15.0 Å². The number of nitrogens with zero attached hydrogens (tertiary/aromatic N) is 1. The Morgan fingerprint density at radius 1 is 1.29 bits per heavy atom. The molecule has 0 saturated heterocycles. The van der Waals surface area contributed by atoms with E-state index in [0.29, 0.717) is 18.7 Å². The first-order valence-electron chi connectivity index (χ1n) is 7.93. The minimum absolute atomic E-state index is 0.0141. The lowest BCUT2D eigenvalue weighted by Crippen LogP contribution is -2.39. The van der Waals surface area contributed by atoms with E-state index in [1.54, 1.807) is 17.4 Å². The monoisotopic (exact) mass is 344 g/mol. The van der Waals surface area contributed by atoms with E-state index in [1.807, 2.05) is 34.5 Å². The van der Waals surface area contributed by atoms with Gasteiger partial charge in [0.2, 0.25) is 5.91 Å². The molecule has 0 atom stereocenters. The lowest BCUT2D eigenvalue weighted by atomic mass is 9.96. The Bertz CT molecular complexity index is 728. The van der Waals surface area contributed by atoms with Crippen molar-refractivity contribution in [3.8, 4) is 0 Å². The number of amides is 1. The van der Waals surface area contributed by atoms with Crippen molar-refractivity contribution in [2.45, 2.75) is 19.4 Å². The molecule has 1 amide bonds. The van der Waals surface area contributed by atoms with Crippen LogP contribution in [0.3, 0.4) is 0 Å². The zero-order valence-electron chi connectivity index (χ0n) is 13.6. The molecule has 1 aliphatic rings. The predicted octanol–water partition coefficient (Wildman–Crippen LogP) is 2.60. The van der Waals surface area contributed by atoms with E-state index in [2.05, 4.69) is 5.32 Å². The molecular weight excluding hydrogens is 324 g/mol. The van der Waals surface area contributed by atoms with Crippen molar-refractivity contribution in [3.05, 3.63) is 51.7 Å². The molecule has 2 heterocycles. The first-order valence-corrected chi connectivity index (χ1v) is 8.81. The van der Waals surface area contributed by atoms with Gasteiger partial charge in [0.25, 0.3) is 0 Å². The minimum Gasteiger partial charge on any atom is -0.465 e. The maximum absolute atomic E-state index is 12.3. The van der Waals surface area contributed by atoms with E-state index in [0.717, 1.165) is 35.5 Å². The van der Waals surface area contributed by atoms with Gasteiger partial charge in [0, 0.05) is 17.1 Å². The van der Waals surface area contributed by atoms with Crippen LogP contribution < -0.4 is 10.2 Å². The van der Waals surface area contributed by atoms with Gasteiger partial charge in [0.1, 0.15) is 0 Å². The van der Waals surface area contributed by atoms with E-state index in [1.165, 1.54) is 7.11 Å². The van der Waals surface area contributed by atoms with Gasteiger partial charge in [0.15, 0.2) is 0 Å². The Hall–Kier alpha value is -2.34. The Morgan fingerprint density at radius 3 is 2.92 bits per heavy atom. The Morgan fingerprint density at radius 2 is 2.17 bits per heavy atom. The number of anilines is 1. The van der Waals surface area contributed by atoms with Crippen molar-refractivity contribution in [2.75, 3.05) is 25.1 Å². The van der Waals surface area contributed by atoms with Gasteiger partial charge in [-0.2, -0.15) is 0 Å². The number of carbonyl (C=O) groups is 2. The third kappa shape index (κ3) is 3.59.